The van der Waals surface area contributed by atoms with Crippen LogP contribution in [0.4, 0.5) is 0 Å². The molecule has 1 heterocycles. The van der Waals surface area contributed by atoms with Crippen LogP contribution in [0.15, 0.2) is 30.3 Å². The molecule has 0 radical (unpaired) electrons. The first-order chi connectivity index (χ1) is 11.2. The zero-order valence-corrected chi connectivity index (χ0v) is 16.1. The Kier molecular flexibility index (Phi) is 9.17. The predicted molar refractivity (Wildman–Crippen MR) is 104 cm³/mol. The molecule has 2 aliphatic rings. The van der Waals surface area contributed by atoms with Gasteiger partial charge in [0.2, 0.25) is 5.91 Å². The van der Waals surface area contributed by atoms with Gasteiger partial charge in [0.25, 0.3) is 0 Å². The summed E-state index contributed by atoms with van der Waals surface area (Å²) in [6, 6.07) is 10.5. The molecule has 5 nitrogen and oxygen atoms in total. The third kappa shape index (κ3) is 5.56. The standard InChI is InChI=1S/C18H27N3O2.2ClH/c19-18(8-4-5-9-18)17(22)20-14-16(15-6-2-1-3-7-15)21-10-12-23-13-11-21;;/h1-3,6-7,16H,4-5,8-14,19H2,(H,20,22);2*1H. The second kappa shape index (κ2) is 10.3. The van der Waals surface area contributed by atoms with Crippen molar-refractivity contribution in [2.45, 2.75) is 37.3 Å². The van der Waals surface area contributed by atoms with Gasteiger partial charge in [0.1, 0.15) is 0 Å². The zero-order valence-electron chi connectivity index (χ0n) is 14.5. The smallest absolute Gasteiger partial charge is 0.240 e. The van der Waals surface area contributed by atoms with Crippen LogP contribution in [0.25, 0.3) is 0 Å². The molecule has 0 spiro atoms. The molecule has 142 valence electrons. The molecule has 1 aliphatic heterocycles. The Morgan fingerprint density at radius 1 is 1.16 bits per heavy atom. The number of amides is 1. The Morgan fingerprint density at radius 2 is 1.76 bits per heavy atom. The Labute approximate surface area is 162 Å². The second-order valence-electron chi connectivity index (χ2n) is 6.65. The molecule has 1 unspecified atom stereocenters. The number of rotatable bonds is 5. The van der Waals surface area contributed by atoms with Gasteiger partial charge < -0.3 is 15.8 Å². The predicted octanol–water partition coefficient (Wildman–Crippen LogP) is 2.29. The van der Waals surface area contributed by atoms with Crippen LogP contribution in [0.2, 0.25) is 0 Å². The summed E-state index contributed by atoms with van der Waals surface area (Å²) < 4.78 is 5.46. The van der Waals surface area contributed by atoms with Crippen LogP contribution in [0.1, 0.15) is 37.3 Å². The number of nitrogens with one attached hydrogen (secondary N) is 1. The fourth-order valence-electron chi connectivity index (χ4n) is 3.62. The molecule has 7 heteroatoms. The molecule has 1 atom stereocenters. The number of hydrogen-bond acceptors (Lipinski definition) is 4. The maximum absolute atomic E-state index is 12.5. The minimum absolute atomic E-state index is 0. The van der Waals surface area contributed by atoms with Gasteiger partial charge in [-0.3, -0.25) is 9.69 Å². The minimum atomic E-state index is -0.660. The van der Waals surface area contributed by atoms with Crippen LogP contribution in [-0.4, -0.2) is 49.2 Å². The van der Waals surface area contributed by atoms with Gasteiger partial charge in [-0.1, -0.05) is 43.2 Å². The lowest BCUT2D eigenvalue weighted by molar-refractivity contribution is -0.126. The van der Waals surface area contributed by atoms with Crippen molar-refractivity contribution >= 4 is 30.7 Å². The third-order valence-corrected chi connectivity index (χ3v) is 5.07. The summed E-state index contributed by atoms with van der Waals surface area (Å²) in [5.74, 6) is 0.00388. The molecule has 3 N–H and O–H groups in total. The quantitative estimate of drug-likeness (QED) is 0.810. The van der Waals surface area contributed by atoms with E-state index in [-0.39, 0.29) is 36.8 Å². The van der Waals surface area contributed by atoms with Crippen LogP contribution in [0.3, 0.4) is 0 Å². The minimum Gasteiger partial charge on any atom is -0.379 e. The molecule has 0 aromatic heterocycles. The summed E-state index contributed by atoms with van der Waals surface area (Å²) in [4.78, 5) is 14.9. The molecule has 1 saturated heterocycles. The first kappa shape index (κ1) is 22.2. The topological polar surface area (TPSA) is 67.6 Å². The molecule has 1 aromatic rings. The highest BCUT2D eigenvalue weighted by molar-refractivity contribution is 5.86. The van der Waals surface area contributed by atoms with E-state index in [1.54, 1.807) is 0 Å². The lowest BCUT2D eigenvalue weighted by atomic mass is 9.97. The van der Waals surface area contributed by atoms with Gasteiger partial charge in [0.15, 0.2) is 0 Å². The van der Waals surface area contributed by atoms with Crippen molar-refractivity contribution in [3.63, 3.8) is 0 Å². The average molecular weight is 390 g/mol. The first-order valence-corrected chi connectivity index (χ1v) is 8.63. The Hall–Kier alpha value is -0.850. The van der Waals surface area contributed by atoms with E-state index in [4.69, 9.17) is 10.5 Å². The normalized spacial score (nSPS) is 20.8. The SMILES string of the molecule is Cl.Cl.NC1(C(=O)NCC(c2ccccc2)N2CCOCC2)CCCC1. The number of halogens is 2. The number of carbonyl (C=O) groups excluding carboxylic acids is 1. The molecular weight excluding hydrogens is 361 g/mol. The average Bonchev–Trinajstić information content (AvgIpc) is 3.05. The monoisotopic (exact) mass is 389 g/mol. The molecule has 1 saturated carbocycles. The Balaban J connectivity index is 0.00000156. The summed E-state index contributed by atoms with van der Waals surface area (Å²) in [6.45, 7) is 3.88. The number of nitrogens with zero attached hydrogens (tertiary/aromatic N) is 1. The van der Waals surface area contributed by atoms with Gasteiger partial charge in [-0.25, -0.2) is 0 Å². The third-order valence-electron chi connectivity index (χ3n) is 5.07. The van der Waals surface area contributed by atoms with Crippen LogP contribution < -0.4 is 11.1 Å². The van der Waals surface area contributed by atoms with Crippen LogP contribution in [0.5, 0.6) is 0 Å². The molecule has 1 aliphatic carbocycles. The summed E-state index contributed by atoms with van der Waals surface area (Å²) >= 11 is 0. The van der Waals surface area contributed by atoms with Crippen molar-refractivity contribution < 1.29 is 9.53 Å². The molecule has 1 aromatic carbocycles. The molecular formula is C18H29Cl2N3O2. The number of morpholine rings is 1. The first-order valence-electron chi connectivity index (χ1n) is 8.63. The summed E-state index contributed by atoms with van der Waals surface area (Å²) in [5, 5.41) is 3.11. The van der Waals surface area contributed by atoms with E-state index in [2.05, 4.69) is 22.3 Å². The van der Waals surface area contributed by atoms with E-state index < -0.39 is 5.54 Å². The van der Waals surface area contributed by atoms with Crippen molar-refractivity contribution in [1.82, 2.24) is 10.2 Å². The molecule has 1 amide bonds. The van der Waals surface area contributed by atoms with E-state index in [1.165, 1.54) is 5.56 Å². The van der Waals surface area contributed by atoms with Gasteiger partial charge in [0.05, 0.1) is 24.8 Å². The van der Waals surface area contributed by atoms with Crippen molar-refractivity contribution in [3.05, 3.63) is 35.9 Å². The number of hydrogen-bond donors (Lipinski definition) is 2. The van der Waals surface area contributed by atoms with Gasteiger partial charge in [-0.15, -0.1) is 24.8 Å². The van der Waals surface area contributed by atoms with E-state index in [9.17, 15) is 4.79 Å². The lowest BCUT2D eigenvalue weighted by Crippen LogP contribution is -2.54. The maximum atomic E-state index is 12.5. The Bertz CT molecular complexity index is 518. The van der Waals surface area contributed by atoms with Crippen LogP contribution in [0, 0.1) is 0 Å². The summed E-state index contributed by atoms with van der Waals surface area (Å²) in [7, 11) is 0. The second-order valence-corrected chi connectivity index (χ2v) is 6.65. The van der Waals surface area contributed by atoms with Crippen molar-refractivity contribution in [1.29, 1.82) is 0 Å². The van der Waals surface area contributed by atoms with E-state index in [0.29, 0.717) is 6.54 Å². The highest BCUT2D eigenvalue weighted by atomic mass is 35.5. The van der Waals surface area contributed by atoms with Gasteiger partial charge in [0, 0.05) is 19.6 Å². The molecule has 25 heavy (non-hydrogen) atoms. The Morgan fingerprint density at radius 3 is 2.36 bits per heavy atom. The number of ether oxygens (including phenoxy) is 1. The van der Waals surface area contributed by atoms with Crippen LogP contribution >= 0.6 is 24.8 Å². The summed E-state index contributed by atoms with van der Waals surface area (Å²) in [5.41, 5.74) is 6.83. The number of carbonyl (C=O) groups is 1. The molecule has 3 rings (SSSR count). The van der Waals surface area contributed by atoms with Crippen molar-refractivity contribution in [3.8, 4) is 0 Å². The molecule has 2 fully saturated rings. The largest absolute Gasteiger partial charge is 0.379 e. The maximum Gasteiger partial charge on any atom is 0.240 e. The number of nitrogens with two attached hydrogens (primary N) is 1. The van der Waals surface area contributed by atoms with Crippen LogP contribution in [-0.2, 0) is 9.53 Å². The van der Waals surface area contributed by atoms with E-state index in [1.807, 2.05) is 18.2 Å². The van der Waals surface area contributed by atoms with Gasteiger partial charge >= 0.3 is 0 Å². The van der Waals surface area contributed by atoms with Gasteiger partial charge in [-0.2, -0.15) is 0 Å². The fraction of sp³-hybridized carbons (Fsp3) is 0.611. The zero-order chi connectivity index (χ0) is 16.1. The van der Waals surface area contributed by atoms with Gasteiger partial charge in [-0.05, 0) is 18.4 Å². The lowest BCUT2D eigenvalue weighted by Gasteiger charge is -2.35. The fourth-order valence-corrected chi connectivity index (χ4v) is 3.62. The summed E-state index contributed by atoms with van der Waals surface area (Å²) in [6.07, 6.45) is 3.70. The van der Waals surface area contributed by atoms with E-state index in [0.717, 1.165) is 52.0 Å². The van der Waals surface area contributed by atoms with Crippen molar-refractivity contribution in [2.24, 2.45) is 5.73 Å². The molecule has 0 bridgehead atoms. The van der Waals surface area contributed by atoms with Crippen molar-refractivity contribution in [2.75, 3.05) is 32.8 Å². The highest BCUT2D eigenvalue weighted by Gasteiger charge is 2.37. The van der Waals surface area contributed by atoms with E-state index >= 15 is 0 Å². The number of benzene rings is 1. The highest BCUT2D eigenvalue weighted by Crippen LogP contribution is 2.28.